The Bertz CT molecular complexity index is 649. The zero-order valence-corrected chi connectivity index (χ0v) is 13.9. The van der Waals surface area contributed by atoms with E-state index in [-0.39, 0.29) is 12.5 Å². The van der Waals surface area contributed by atoms with Crippen molar-refractivity contribution in [2.24, 2.45) is 5.92 Å². The molecule has 6 heteroatoms. The summed E-state index contributed by atoms with van der Waals surface area (Å²) in [4.78, 5) is 25.3. The van der Waals surface area contributed by atoms with E-state index < -0.39 is 0 Å². The highest BCUT2D eigenvalue weighted by Gasteiger charge is 2.26. The number of carbonyl (C=O) groups excluding carboxylic acids is 1. The van der Waals surface area contributed by atoms with Gasteiger partial charge in [-0.25, -0.2) is 9.97 Å². The molecule has 1 saturated carbocycles. The average Bonchev–Trinajstić information content (AvgIpc) is 3.01. The van der Waals surface area contributed by atoms with Crippen LogP contribution in [0.25, 0.3) is 11.0 Å². The Balaban J connectivity index is 0.00000192. The van der Waals surface area contributed by atoms with Gasteiger partial charge in [0, 0.05) is 32.0 Å². The number of thioether (sulfide) groups is 1. The molecule has 23 heavy (non-hydrogen) atoms. The van der Waals surface area contributed by atoms with Gasteiger partial charge in [-0.3, -0.25) is 4.79 Å². The van der Waals surface area contributed by atoms with Gasteiger partial charge < -0.3 is 9.88 Å². The van der Waals surface area contributed by atoms with E-state index in [0.29, 0.717) is 12.0 Å². The van der Waals surface area contributed by atoms with Crippen molar-refractivity contribution < 1.29 is 4.79 Å². The van der Waals surface area contributed by atoms with Crippen LogP contribution in [-0.4, -0.2) is 38.9 Å². The van der Waals surface area contributed by atoms with E-state index in [0.717, 1.165) is 35.4 Å². The molecule has 5 nitrogen and oxygen atoms in total. The fraction of sp³-hybridized carbons (Fsp3) is 0.588. The van der Waals surface area contributed by atoms with E-state index in [2.05, 4.69) is 26.9 Å². The van der Waals surface area contributed by atoms with E-state index in [4.69, 9.17) is 0 Å². The molecular weight excluding hydrogens is 308 g/mol. The van der Waals surface area contributed by atoms with Crippen molar-refractivity contribution >= 4 is 33.7 Å². The number of carbonyl (C=O) groups is 1. The Morgan fingerprint density at radius 2 is 2.09 bits per heavy atom. The molecule has 2 aromatic heterocycles. The SMILES string of the molecule is C.CC(=O)SCC1CCC(N(C)c2ncnc3[nH]ccc23)CC1. The summed E-state index contributed by atoms with van der Waals surface area (Å²) in [7, 11) is 2.13. The Morgan fingerprint density at radius 3 is 2.78 bits per heavy atom. The molecular formula is C17H26N4OS. The lowest BCUT2D eigenvalue weighted by Crippen LogP contribution is -2.36. The molecule has 0 aliphatic heterocycles. The van der Waals surface area contributed by atoms with Gasteiger partial charge in [-0.1, -0.05) is 19.2 Å². The van der Waals surface area contributed by atoms with E-state index in [1.54, 1.807) is 13.3 Å². The molecule has 2 heterocycles. The van der Waals surface area contributed by atoms with Crippen LogP contribution in [0.15, 0.2) is 18.6 Å². The second-order valence-corrected chi connectivity index (χ2v) is 7.22. The molecule has 0 unspecified atom stereocenters. The first kappa shape index (κ1) is 17.8. The molecule has 1 aliphatic rings. The molecule has 0 bridgehead atoms. The number of anilines is 1. The third kappa shape index (κ3) is 4.05. The predicted octanol–water partition coefficient (Wildman–Crippen LogP) is 3.87. The molecule has 0 saturated heterocycles. The summed E-state index contributed by atoms with van der Waals surface area (Å²) in [5.74, 6) is 2.66. The lowest BCUT2D eigenvalue weighted by atomic mass is 9.86. The second kappa shape index (κ2) is 7.81. The number of H-pyrrole nitrogens is 1. The molecule has 2 aromatic rings. The summed E-state index contributed by atoms with van der Waals surface area (Å²) in [6, 6.07) is 2.56. The lowest BCUT2D eigenvalue weighted by Gasteiger charge is -2.35. The van der Waals surface area contributed by atoms with Crippen LogP contribution in [0.2, 0.25) is 0 Å². The molecule has 0 atom stereocenters. The van der Waals surface area contributed by atoms with Gasteiger partial charge in [0.2, 0.25) is 0 Å². The Kier molecular flexibility index (Phi) is 6.04. The molecule has 0 radical (unpaired) electrons. The van der Waals surface area contributed by atoms with Crippen molar-refractivity contribution in [1.29, 1.82) is 0 Å². The lowest BCUT2D eigenvalue weighted by molar-refractivity contribution is -0.109. The minimum atomic E-state index is 0. The predicted molar refractivity (Wildman–Crippen MR) is 97.9 cm³/mol. The fourth-order valence-corrected chi connectivity index (χ4v) is 4.05. The Hall–Kier alpha value is -1.56. The van der Waals surface area contributed by atoms with Crippen molar-refractivity contribution in [3.05, 3.63) is 18.6 Å². The number of hydrogen-bond acceptors (Lipinski definition) is 5. The summed E-state index contributed by atoms with van der Waals surface area (Å²) in [6.45, 7) is 1.65. The largest absolute Gasteiger partial charge is 0.356 e. The quantitative estimate of drug-likeness (QED) is 0.919. The van der Waals surface area contributed by atoms with Crippen molar-refractivity contribution in [3.63, 3.8) is 0 Å². The van der Waals surface area contributed by atoms with Gasteiger partial charge in [0.05, 0.1) is 5.39 Å². The van der Waals surface area contributed by atoms with Crippen LogP contribution >= 0.6 is 11.8 Å². The molecule has 126 valence electrons. The molecule has 3 rings (SSSR count). The first-order valence-corrected chi connectivity index (χ1v) is 8.78. The maximum atomic E-state index is 11.1. The maximum Gasteiger partial charge on any atom is 0.185 e. The van der Waals surface area contributed by atoms with Gasteiger partial charge in [0.15, 0.2) is 5.12 Å². The smallest absolute Gasteiger partial charge is 0.185 e. The van der Waals surface area contributed by atoms with Crippen molar-refractivity contribution in [2.75, 3.05) is 17.7 Å². The summed E-state index contributed by atoms with van der Waals surface area (Å²) >= 11 is 1.47. The summed E-state index contributed by atoms with van der Waals surface area (Å²) in [5.41, 5.74) is 0.892. The van der Waals surface area contributed by atoms with Crippen molar-refractivity contribution in [3.8, 4) is 0 Å². The monoisotopic (exact) mass is 334 g/mol. The Morgan fingerprint density at radius 1 is 1.35 bits per heavy atom. The van der Waals surface area contributed by atoms with E-state index in [1.807, 2.05) is 12.3 Å². The number of hydrogen-bond donors (Lipinski definition) is 1. The van der Waals surface area contributed by atoms with Crippen LogP contribution < -0.4 is 4.90 Å². The topological polar surface area (TPSA) is 61.9 Å². The zero-order chi connectivity index (χ0) is 15.5. The van der Waals surface area contributed by atoms with Crippen LogP contribution in [0, 0.1) is 5.92 Å². The van der Waals surface area contributed by atoms with Gasteiger partial charge in [-0.05, 0) is 37.7 Å². The molecule has 0 spiro atoms. The van der Waals surface area contributed by atoms with Gasteiger partial charge in [-0.2, -0.15) is 0 Å². The summed E-state index contributed by atoms with van der Waals surface area (Å²) < 4.78 is 0. The minimum Gasteiger partial charge on any atom is -0.356 e. The zero-order valence-electron chi connectivity index (χ0n) is 13.1. The van der Waals surface area contributed by atoms with Crippen molar-refractivity contribution in [1.82, 2.24) is 15.0 Å². The standard InChI is InChI=1S/C16H22N4OS.CH4/c1-11(21)22-9-12-3-5-13(6-4-12)20(2)16-14-7-8-17-15(14)18-10-19-16;/h7-8,10,12-13H,3-6,9H2,1-2H3,(H,17,18,19);1H4. The third-order valence-corrected chi connectivity index (χ3v) is 5.60. The van der Waals surface area contributed by atoms with E-state index >= 15 is 0 Å². The van der Waals surface area contributed by atoms with Gasteiger partial charge in [0.25, 0.3) is 0 Å². The summed E-state index contributed by atoms with van der Waals surface area (Å²) in [6.07, 6.45) is 8.24. The van der Waals surface area contributed by atoms with Crippen molar-refractivity contribution in [2.45, 2.75) is 46.1 Å². The summed E-state index contributed by atoms with van der Waals surface area (Å²) in [5, 5.41) is 1.31. The Labute approximate surface area is 142 Å². The van der Waals surface area contributed by atoms with E-state index in [9.17, 15) is 4.79 Å². The molecule has 0 amide bonds. The number of nitrogens with one attached hydrogen (secondary N) is 1. The second-order valence-electron chi connectivity index (χ2n) is 6.03. The average molecular weight is 334 g/mol. The van der Waals surface area contributed by atoms with Crippen LogP contribution in [0.3, 0.4) is 0 Å². The molecule has 1 fully saturated rings. The number of rotatable bonds is 4. The first-order chi connectivity index (χ1) is 10.6. The highest BCUT2D eigenvalue weighted by molar-refractivity contribution is 8.13. The first-order valence-electron chi connectivity index (χ1n) is 7.79. The highest BCUT2D eigenvalue weighted by Crippen LogP contribution is 2.32. The third-order valence-electron chi connectivity index (χ3n) is 4.55. The number of fused-ring (bicyclic) bond motifs is 1. The van der Waals surface area contributed by atoms with Gasteiger partial charge >= 0.3 is 0 Å². The maximum absolute atomic E-state index is 11.1. The molecule has 0 aromatic carbocycles. The normalized spacial score (nSPS) is 21.0. The van der Waals surface area contributed by atoms with E-state index in [1.165, 1.54) is 24.6 Å². The molecule has 1 N–H and O–H groups in total. The highest BCUT2D eigenvalue weighted by atomic mass is 32.2. The minimum absolute atomic E-state index is 0. The van der Waals surface area contributed by atoms with Gasteiger partial charge in [0.1, 0.15) is 17.8 Å². The molecule has 1 aliphatic carbocycles. The fourth-order valence-electron chi connectivity index (χ4n) is 3.25. The van der Waals surface area contributed by atoms with Crippen LogP contribution in [0.5, 0.6) is 0 Å². The number of aromatic nitrogens is 3. The van der Waals surface area contributed by atoms with Gasteiger partial charge in [-0.15, -0.1) is 0 Å². The van der Waals surface area contributed by atoms with Crippen LogP contribution in [0.1, 0.15) is 40.0 Å². The van der Waals surface area contributed by atoms with Crippen LogP contribution in [0.4, 0.5) is 5.82 Å². The number of aromatic amines is 1. The number of nitrogens with zero attached hydrogens (tertiary/aromatic N) is 3. The van der Waals surface area contributed by atoms with Crippen LogP contribution in [-0.2, 0) is 4.79 Å².